The lowest BCUT2D eigenvalue weighted by Crippen LogP contribution is -2.47. The van der Waals surface area contributed by atoms with Crippen LogP contribution in [0.25, 0.3) is 11.1 Å². The second-order valence-corrected chi connectivity index (χ2v) is 12.2. The van der Waals surface area contributed by atoms with Crippen molar-refractivity contribution in [3.63, 3.8) is 0 Å². The molecule has 3 aromatic rings. The van der Waals surface area contributed by atoms with Crippen LogP contribution in [0.1, 0.15) is 91.0 Å². The number of carbonyl (C=O) groups is 2. The van der Waals surface area contributed by atoms with Crippen LogP contribution in [0, 0.1) is 17.8 Å². The van der Waals surface area contributed by atoms with Crippen molar-refractivity contribution in [2.45, 2.75) is 72.4 Å². The van der Waals surface area contributed by atoms with E-state index in [0.29, 0.717) is 12.5 Å². The first-order valence-electron chi connectivity index (χ1n) is 14.6. The van der Waals surface area contributed by atoms with Gasteiger partial charge in [-0.05, 0) is 67.8 Å². The highest BCUT2D eigenvalue weighted by molar-refractivity contribution is 7.12. The second-order valence-electron chi connectivity index (χ2n) is 11.3. The minimum atomic E-state index is 0.0725. The summed E-state index contributed by atoms with van der Waals surface area (Å²) in [6.07, 6.45) is 5.12. The Kier molecular flexibility index (Phi) is 10.7. The third-order valence-corrected chi connectivity index (χ3v) is 8.55. The SMILES string of the molecule is CCCC#Cc1csc(C(=O)N(Cc2ccc(-c3ccc(C(C)=O)cc3)cc2)C2CCN(CCC(C)C)CC2)c1. The van der Waals surface area contributed by atoms with Crippen molar-refractivity contribution in [2.75, 3.05) is 19.6 Å². The summed E-state index contributed by atoms with van der Waals surface area (Å²) >= 11 is 1.51. The van der Waals surface area contributed by atoms with E-state index in [1.54, 1.807) is 6.92 Å². The molecule has 2 heterocycles. The van der Waals surface area contributed by atoms with E-state index in [2.05, 4.69) is 66.7 Å². The van der Waals surface area contributed by atoms with Gasteiger partial charge >= 0.3 is 0 Å². The van der Waals surface area contributed by atoms with Gasteiger partial charge in [-0.1, -0.05) is 81.1 Å². The fourth-order valence-electron chi connectivity index (χ4n) is 5.10. The summed E-state index contributed by atoms with van der Waals surface area (Å²) in [5.41, 5.74) is 4.96. The first-order chi connectivity index (χ1) is 19.3. The highest BCUT2D eigenvalue weighted by atomic mass is 32.1. The monoisotopic (exact) mass is 554 g/mol. The van der Waals surface area contributed by atoms with Crippen molar-refractivity contribution in [1.82, 2.24) is 9.80 Å². The summed E-state index contributed by atoms with van der Waals surface area (Å²) < 4.78 is 0. The van der Waals surface area contributed by atoms with Crippen LogP contribution in [0.3, 0.4) is 0 Å². The molecular formula is C35H42N2O2S. The molecular weight excluding hydrogens is 512 g/mol. The lowest BCUT2D eigenvalue weighted by Gasteiger charge is -2.38. The molecule has 5 heteroatoms. The van der Waals surface area contributed by atoms with Crippen LogP contribution in [0.5, 0.6) is 0 Å². The Hall–Kier alpha value is -3.20. The molecule has 4 rings (SSSR count). The molecule has 1 aromatic heterocycles. The largest absolute Gasteiger partial charge is 0.331 e. The number of hydrogen-bond donors (Lipinski definition) is 0. The van der Waals surface area contributed by atoms with E-state index in [0.717, 1.165) is 78.0 Å². The zero-order valence-corrected chi connectivity index (χ0v) is 25.2. The van der Waals surface area contributed by atoms with E-state index in [1.807, 2.05) is 35.7 Å². The van der Waals surface area contributed by atoms with Crippen LogP contribution in [-0.4, -0.2) is 47.2 Å². The maximum absolute atomic E-state index is 13.9. The molecule has 0 bridgehead atoms. The number of thiophene rings is 1. The number of unbranched alkanes of at least 4 members (excludes halogenated alkanes) is 1. The third-order valence-electron chi connectivity index (χ3n) is 7.63. The predicted octanol–water partition coefficient (Wildman–Crippen LogP) is 7.92. The number of Topliss-reactive ketones (excluding diaryl/α,β-unsaturated/α-hetero) is 1. The van der Waals surface area contributed by atoms with Crippen LogP contribution >= 0.6 is 11.3 Å². The van der Waals surface area contributed by atoms with E-state index in [4.69, 9.17) is 0 Å². The second kappa shape index (κ2) is 14.4. The van der Waals surface area contributed by atoms with Gasteiger partial charge in [0.2, 0.25) is 0 Å². The van der Waals surface area contributed by atoms with E-state index in [9.17, 15) is 9.59 Å². The summed E-state index contributed by atoms with van der Waals surface area (Å²) in [4.78, 5) is 31.0. The van der Waals surface area contributed by atoms with Crippen LogP contribution in [0.2, 0.25) is 0 Å². The molecule has 0 N–H and O–H groups in total. The number of likely N-dealkylation sites (tertiary alicyclic amines) is 1. The van der Waals surface area contributed by atoms with Crippen molar-refractivity contribution < 1.29 is 9.59 Å². The standard InChI is InChI=1S/C35H42N2O2S/c1-5-6-7-8-29-23-34(40-25-29)35(39)37(33-18-21-36(22-19-33)20-17-26(2)3)24-28-9-11-31(12-10-28)32-15-13-30(14-16-32)27(4)38/h9-16,23,25-26,33H,5-6,17-22,24H2,1-4H3. The van der Waals surface area contributed by atoms with Gasteiger partial charge in [0.25, 0.3) is 5.91 Å². The van der Waals surface area contributed by atoms with Crippen LogP contribution in [-0.2, 0) is 6.54 Å². The summed E-state index contributed by atoms with van der Waals surface area (Å²) in [6.45, 7) is 12.1. The topological polar surface area (TPSA) is 40.6 Å². The average Bonchev–Trinajstić information content (AvgIpc) is 3.44. The number of rotatable bonds is 10. The lowest BCUT2D eigenvalue weighted by molar-refractivity contribution is 0.0551. The molecule has 2 aromatic carbocycles. The average molecular weight is 555 g/mol. The molecule has 4 nitrogen and oxygen atoms in total. The van der Waals surface area contributed by atoms with Gasteiger partial charge < -0.3 is 9.80 Å². The zero-order valence-electron chi connectivity index (χ0n) is 24.4. The smallest absolute Gasteiger partial charge is 0.264 e. The molecule has 40 heavy (non-hydrogen) atoms. The quantitative estimate of drug-likeness (QED) is 0.189. The van der Waals surface area contributed by atoms with Crippen LogP contribution < -0.4 is 0 Å². The molecule has 0 spiro atoms. The first-order valence-corrected chi connectivity index (χ1v) is 15.5. The molecule has 0 saturated carbocycles. The minimum Gasteiger partial charge on any atom is -0.331 e. The molecule has 1 saturated heterocycles. The fraction of sp³-hybridized carbons (Fsp3) is 0.429. The summed E-state index contributed by atoms with van der Waals surface area (Å²) in [5, 5.41) is 2.01. The van der Waals surface area contributed by atoms with Gasteiger partial charge in [-0.3, -0.25) is 9.59 Å². The van der Waals surface area contributed by atoms with Gasteiger partial charge in [-0.25, -0.2) is 0 Å². The number of carbonyl (C=O) groups excluding carboxylic acids is 2. The van der Waals surface area contributed by atoms with Crippen LogP contribution in [0.4, 0.5) is 0 Å². The van der Waals surface area contributed by atoms with Crippen LogP contribution in [0.15, 0.2) is 60.0 Å². The third kappa shape index (κ3) is 8.16. The maximum Gasteiger partial charge on any atom is 0.264 e. The van der Waals surface area contributed by atoms with E-state index in [-0.39, 0.29) is 17.7 Å². The van der Waals surface area contributed by atoms with Crippen molar-refractivity contribution >= 4 is 23.0 Å². The lowest BCUT2D eigenvalue weighted by atomic mass is 9.99. The Labute approximate surface area is 244 Å². The number of benzene rings is 2. The molecule has 1 amide bonds. The van der Waals surface area contributed by atoms with Gasteiger partial charge in [0.05, 0.1) is 4.88 Å². The van der Waals surface area contributed by atoms with Gasteiger partial charge in [0, 0.05) is 48.6 Å². The maximum atomic E-state index is 13.9. The Bertz CT molecular complexity index is 1320. The molecule has 0 unspecified atom stereocenters. The van der Waals surface area contributed by atoms with E-state index < -0.39 is 0 Å². The molecule has 0 atom stereocenters. The van der Waals surface area contributed by atoms with Gasteiger partial charge in [-0.15, -0.1) is 11.3 Å². The van der Waals surface area contributed by atoms with E-state index in [1.165, 1.54) is 17.8 Å². The molecule has 1 fully saturated rings. The first kappa shape index (κ1) is 29.8. The summed E-state index contributed by atoms with van der Waals surface area (Å²) in [6, 6.07) is 18.4. The Morgan fingerprint density at radius 3 is 2.27 bits per heavy atom. The highest BCUT2D eigenvalue weighted by Gasteiger charge is 2.29. The van der Waals surface area contributed by atoms with Crippen molar-refractivity contribution in [3.8, 4) is 23.0 Å². The summed E-state index contributed by atoms with van der Waals surface area (Å²) in [5.74, 6) is 7.30. The highest BCUT2D eigenvalue weighted by Crippen LogP contribution is 2.26. The van der Waals surface area contributed by atoms with Crippen molar-refractivity contribution in [1.29, 1.82) is 0 Å². The molecule has 210 valence electrons. The molecule has 0 aliphatic carbocycles. The zero-order chi connectivity index (χ0) is 28.5. The van der Waals surface area contributed by atoms with Gasteiger partial charge in [-0.2, -0.15) is 0 Å². The Morgan fingerprint density at radius 2 is 1.68 bits per heavy atom. The van der Waals surface area contributed by atoms with Gasteiger partial charge in [0.1, 0.15) is 0 Å². The number of hydrogen-bond acceptors (Lipinski definition) is 4. The minimum absolute atomic E-state index is 0.0725. The number of ketones is 1. The number of nitrogens with zero attached hydrogens (tertiary/aromatic N) is 2. The molecule has 0 radical (unpaired) electrons. The predicted molar refractivity (Wildman–Crippen MR) is 167 cm³/mol. The summed E-state index contributed by atoms with van der Waals surface area (Å²) in [7, 11) is 0. The Balaban J connectivity index is 1.50. The van der Waals surface area contributed by atoms with Gasteiger partial charge in [0.15, 0.2) is 5.78 Å². The number of piperidine rings is 1. The normalized spacial score (nSPS) is 14.1. The fourth-order valence-corrected chi connectivity index (χ4v) is 5.90. The van der Waals surface area contributed by atoms with E-state index >= 15 is 0 Å². The Morgan fingerprint density at radius 1 is 1.02 bits per heavy atom. The molecule has 1 aliphatic rings. The van der Waals surface area contributed by atoms with Crippen molar-refractivity contribution in [3.05, 3.63) is 81.5 Å². The molecule has 1 aliphatic heterocycles. The van der Waals surface area contributed by atoms with Crippen molar-refractivity contribution in [2.24, 2.45) is 5.92 Å². The number of amides is 1.